The second-order valence-corrected chi connectivity index (χ2v) is 6.70. The summed E-state index contributed by atoms with van der Waals surface area (Å²) in [5, 5.41) is 2.19. The van der Waals surface area contributed by atoms with Crippen molar-refractivity contribution in [2.45, 2.75) is 40.5 Å². The fourth-order valence-electron chi connectivity index (χ4n) is 2.09. The van der Waals surface area contributed by atoms with Crippen LogP contribution in [0.3, 0.4) is 0 Å². The molecule has 0 radical (unpaired) electrons. The Morgan fingerprint density at radius 1 is 1.17 bits per heavy atom. The second-order valence-electron chi connectivity index (χ2n) is 5.67. The molecule has 0 fully saturated rings. The number of aromatic nitrogens is 2. The van der Waals surface area contributed by atoms with Gasteiger partial charge in [-0.25, -0.2) is 19.6 Å². The molecule has 0 saturated heterocycles. The molecule has 1 heterocycles. The van der Waals surface area contributed by atoms with Gasteiger partial charge in [-0.3, -0.25) is 4.79 Å². The van der Waals surface area contributed by atoms with Gasteiger partial charge in [0.2, 0.25) is 5.91 Å². The number of allylic oxidation sites excluding steroid dienone is 1. The molecule has 160 valence electrons. The summed E-state index contributed by atoms with van der Waals surface area (Å²) in [6, 6.07) is 0. The van der Waals surface area contributed by atoms with E-state index in [1.54, 1.807) is 27.7 Å². The average Bonchev–Trinajstić information content (AvgIpc) is 2.63. The first kappa shape index (κ1) is 24.2. The summed E-state index contributed by atoms with van der Waals surface area (Å²) in [7, 11) is 0. The first-order chi connectivity index (χ1) is 13.8. The van der Waals surface area contributed by atoms with Gasteiger partial charge in [-0.2, -0.15) is 0 Å². The highest BCUT2D eigenvalue weighted by molar-refractivity contribution is 8.16. The molecule has 0 aliphatic heterocycles. The number of carbonyl (C=O) groups excluding carboxylic acids is 3. The van der Waals surface area contributed by atoms with Crippen molar-refractivity contribution in [3.63, 3.8) is 0 Å². The van der Waals surface area contributed by atoms with Gasteiger partial charge < -0.3 is 25.3 Å². The number of nitrogen functional groups attached to an aromatic ring is 1. The lowest BCUT2D eigenvalue weighted by Gasteiger charge is -2.13. The molecule has 10 nitrogen and oxygen atoms in total. The van der Waals surface area contributed by atoms with Crippen molar-refractivity contribution < 1.29 is 28.6 Å². The Morgan fingerprint density at radius 3 is 2.48 bits per heavy atom. The maximum absolute atomic E-state index is 12.4. The lowest BCUT2D eigenvalue weighted by atomic mass is 10.2. The lowest BCUT2D eigenvalue weighted by molar-refractivity contribution is -0.119. The van der Waals surface area contributed by atoms with E-state index in [9.17, 15) is 14.4 Å². The summed E-state index contributed by atoms with van der Waals surface area (Å²) in [5.74, 6) is 0.394. The van der Waals surface area contributed by atoms with Crippen LogP contribution in [-0.2, 0) is 25.4 Å². The van der Waals surface area contributed by atoms with Crippen molar-refractivity contribution >= 4 is 34.9 Å². The Labute approximate surface area is 173 Å². The van der Waals surface area contributed by atoms with Gasteiger partial charge in [-0.15, -0.1) is 0 Å². The van der Waals surface area contributed by atoms with Crippen molar-refractivity contribution in [1.29, 1.82) is 0 Å². The van der Waals surface area contributed by atoms with Gasteiger partial charge in [-0.1, -0.05) is 0 Å². The molecule has 1 aromatic rings. The molecule has 0 bridgehead atoms. The SMILES string of the molecule is CCOC(=O)OCC/C(SC(=O)OCC)=C(/C)NC(=O)Cc1cnc(C)nc1N. The number of ether oxygens (including phenoxy) is 3. The molecular weight excluding hydrogens is 400 g/mol. The van der Waals surface area contributed by atoms with E-state index in [-0.39, 0.29) is 44.4 Å². The number of hydrogen-bond acceptors (Lipinski definition) is 10. The summed E-state index contributed by atoms with van der Waals surface area (Å²) < 4.78 is 14.5. The van der Waals surface area contributed by atoms with Crippen LogP contribution in [0.25, 0.3) is 0 Å². The molecule has 0 unspecified atom stereocenters. The molecule has 29 heavy (non-hydrogen) atoms. The van der Waals surface area contributed by atoms with Crippen LogP contribution in [0.1, 0.15) is 38.6 Å². The number of nitrogens with two attached hydrogens (primary N) is 1. The van der Waals surface area contributed by atoms with E-state index in [0.29, 0.717) is 22.0 Å². The van der Waals surface area contributed by atoms with Gasteiger partial charge in [0.15, 0.2) is 0 Å². The van der Waals surface area contributed by atoms with Gasteiger partial charge in [-0.05, 0) is 39.5 Å². The highest BCUT2D eigenvalue weighted by Crippen LogP contribution is 2.25. The smallest absolute Gasteiger partial charge is 0.458 e. The van der Waals surface area contributed by atoms with E-state index in [2.05, 4.69) is 20.0 Å². The number of thioether (sulfide) groups is 1. The summed E-state index contributed by atoms with van der Waals surface area (Å²) in [4.78, 5) is 44.0. The van der Waals surface area contributed by atoms with Crippen LogP contribution < -0.4 is 11.1 Å². The number of amides is 1. The quantitative estimate of drug-likeness (QED) is 0.566. The second kappa shape index (κ2) is 12.6. The normalized spacial score (nSPS) is 11.3. The van der Waals surface area contributed by atoms with Gasteiger partial charge in [0.25, 0.3) is 0 Å². The van der Waals surface area contributed by atoms with Gasteiger partial charge >= 0.3 is 11.5 Å². The zero-order valence-electron chi connectivity index (χ0n) is 16.9. The number of aryl methyl sites for hydroxylation is 1. The highest BCUT2D eigenvalue weighted by atomic mass is 32.2. The van der Waals surface area contributed by atoms with Crippen molar-refractivity contribution in [1.82, 2.24) is 15.3 Å². The van der Waals surface area contributed by atoms with Gasteiger partial charge in [0.05, 0.1) is 26.2 Å². The van der Waals surface area contributed by atoms with E-state index in [4.69, 9.17) is 15.2 Å². The zero-order chi connectivity index (χ0) is 21.8. The van der Waals surface area contributed by atoms with Crippen molar-refractivity contribution in [2.75, 3.05) is 25.6 Å². The van der Waals surface area contributed by atoms with Crippen LogP contribution in [0.2, 0.25) is 0 Å². The number of anilines is 1. The van der Waals surface area contributed by atoms with E-state index in [0.717, 1.165) is 11.8 Å². The molecule has 0 saturated carbocycles. The summed E-state index contributed by atoms with van der Waals surface area (Å²) in [6.45, 7) is 7.08. The first-order valence-corrected chi connectivity index (χ1v) is 9.80. The Hall–Kier alpha value is -2.82. The third-order valence-corrected chi connectivity index (χ3v) is 4.44. The number of rotatable bonds is 9. The summed E-state index contributed by atoms with van der Waals surface area (Å²) in [6.07, 6.45) is 0.867. The Kier molecular flexibility index (Phi) is 10.5. The molecule has 0 aliphatic rings. The lowest BCUT2D eigenvalue weighted by Crippen LogP contribution is -2.25. The standard InChI is InChI=1S/C18H26N4O6S/c1-5-26-17(24)28-8-7-14(29-18(25)27-6-2)11(3)21-15(23)9-13-10-20-12(4)22-16(13)19/h10H,5-9H2,1-4H3,(H,21,23)(H2,19,20,22)/b14-11+. The fraction of sp³-hybridized carbons (Fsp3) is 0.500. The van der Waals surface area contributed by atoms with Crippen molar-refractivity contribution in [3.05, 3.63) is 28.2 Å². The minimum absolute atomic E-state index is 0.0213. The molecule has 0 aliphatic carbocycles. The molecule has 0 aromatic carbocycles. The first-order valence-electron chi connectivity index (χ1n) is 8.98. The minimum Gasteiger partial charge on any atom is -0.458 e. The van der Waals surface area contributed by atoms with Crippen LogP contribution in [0.5, 0.6) is 0 Å². The Balaban J connectivity index is 2.81. The largest absolute Gasteiger partial charge is 0.508 e. The number of nitrogens with zero attached hydrogens (tertiary/aromatic N) is 2. The monoisotopic (exact) mass is 426 g/mol. The number of carbonyl (C=O) groups is 3. The van der Waals surface area contributed by atoms with Gasteiger partial charge in [0, 0.05) is 28.8 Å². The van der Waals surface area contributed by atoms with Crippen LogP contribution in [0.15, 0.2) is 16.8 Å². The third kappa shape index (κ3) is 9.28. The van der Waals surface area contributed by atoms with Crippen LogP contribution in [0.4, 0.5) is 15.4 Å². The molecule has 0 spiro atoms. The van der Waals surface area contributed by atoms with Crippen molar-refractivity contribution in [2.24, 2.45) is 0 Å². The molecular formula is C18H26N4O6S. The maximum atomic E-state index is 12.4. The highest BCUT2D eigenvalue weighted by Gasteiger charge is 2.16. The molecule has 11 heteroatoms. The summed E-state index contributed by atoms with van der Waals surface area (Å²) >= 11 is 0.818. The van der Waals surface area contributed by atoms with Crippen molar-refractivity contribution in [3.8, 4) is 0 Å². The van der Waals surface area contributed by atoms with Crippen LogP contribution >= 0.6 is 11.8 Å². The van der Waals surface area contributed by atoms with Gasteiger partial charge in [0.1, 0.15) is 11.6 Å². The molecule has 0 atom stereocenters. The number of hydrogen-bond donors (Lipinski definition) is 2. The number of nitrogens with one attached hydrogen (secondary N) is 1. The molecule has 1 amide bonds. The molecule has 3 N–H and O–H groups in total. The Morgan fingerprint density at radius 2 is 1.86 bits per heavy atom. The summed E-state index contributed by atoms with van der Waals surface area (Å²) in [5.41, 5.74) is 6.74. The Bertz CT molecular complexity index is 769. The van der Waals surface area contributed by atoms with E-state index in [1.807, 2.05) is 0 Å². The third-order valence-electron chi connectivity index (χ3n) is 3.39. The molecule has 1 rings (SSSR count). The average molecular weight is 426 g/mol. The minimum atomic E-state index is -0.801. The fourth-order valence-corrected chi connectivity index (χ4v) is 2.86. The van der Waals surface area contributed by atoms with E-state index < -0.39 is 11.5 Å². The predicted octanol–water partition coefficient (Wildman–Crippen LogP) is 2.71. The van der Waals surface area contributed by atoms with E-state index >= 15 is 0 Å². The van der Waals surface area contributed by atoms with Crippen LogP contribution in [0, 0.1) is 6.92 Å². The predicted molar refractivity (Wildman–Crippen MR) is 108 cm³/mol. The van der Waals surface area contributed by atoms with E-state index in [1.165, 1.54) is 6.20 Å². The maximum Gasteiger partial charge on any atom is 0.508 e. The zero-order valence-corrected chi connectivity index (χ0v) is 17.8. The van der Waals surface area contributed by atoms with Crippen LogP contribution in [-0.4, -0.2) is 47.2 Å². The molecule has 1 aromatic heterocycles. The topological polar surface area (TPSA) is 143 Å².